The Kier molecular flexibility index (Phi) is 3.69. The van der Waals surface area contributed by atoms with Crippen molar-refractivity contribution in [3.63, 3.8) is 0 Å². The van der Waals surface area contributed by atoms with Crippen LogP contribution < -0.4 is 16.1 Å². The molecule has 2 aromatic rings. The minimum absolute atomic E-state index is 0.340. The molecule has 0 aliphatic rings. The maximum absolute atomic E-state index is 13.3. The van der Waals surface area contributed by atoms with Crippen molar-refractivity contribution in [1.29, 1.82) is 0 Å². The molecule has 2 rings (SSSR count). The monoisotopic (exact) mass is 269 g/mol. The zero-order valence-electron chi connectivity index (χ0n) is 9.62. The van der Waals surface area contributed by atoms with Gasteiger partial charge in [-0.25, -0.2) is 13.2 Å². The van der Waals surface area contributed by atoms with Crippen LogP contribution in [0.2, 0.25) is 0 Å². The summed E-state index contributed by atoms with van der Waals surface area (Å²) in [4.78, 5) is 0. The molecule has 0 aliphatic carbocycles. The van der Waals surface area contributed by atoms with Gasteiger partial charge in [0.15, 0.2) is 0 Å². The molecule has 0 radical (unpaired) electrons. The lowest BCUT2D eigenvalue weighted by Crippen LogP contribution is -2.19. The van der Waals surface area contributed by atoms with Crippen molar-refractivity contribution >= 4 is 18.7 Å². The average Bonchev–Trinajstić information content (AvgIpc) is 2.25. The molecule has 18 heavy (non-hydrogen) atoms. The molecule has 94 valence electrons. The van der Waals surface area contributed by atoms with Crippen LogP contribution in [0, 0.1) is 24.4 Å². The van der Waals surface area contributed by atoms with Gasteiger partial charge in [0.25, 0.3) is 0 Å². The number of aryl methyl sites for hydroxylation is 1. The molecular formula is C13H11F3NP. The highest BCUT2D eigenvalue weighted by Gasteiger charge is 2.13. The summed E-state index contributed by atoms with van der Waals surface area (Å²) in [6.45, 7) is 1.74. The van der Waals surface area contributed by atoms with E-state index in [0.29, 0.717) is 10.6 Å². The molecule has 0 amide bonds. The van der Waals surface area contributed by atoms with Gasteiger partial charge in [-0.05, 0) is 48.1 Å². The number of halogens is 3. The maximum Gasteiger partial charge on any atom is 0.126 e. The van der Waals surface area contributed by atoms with E-state index in [2.05, 4.69) is 0 Å². The van der Waals surface area contributed by atoms with E-state index in [1.165, 1.54) is 24.3 Å². The van der Waals surface area contributed by atoms with E-state index in [1.807, 2.05) is 0 Å². The quantitative estimate of drug-likeness (QED) is 0.833. The Morgan fingerprint density at radius 3 is 1.72 bits per heavy atom. The van der Waals surface area contributed by atoms with E-state index in [0.717, 1.165) is 11.6 Å². The van der Waals surface area contributed by atoms with E-state index in [1.54, 1.807) is 13.0 Å². The topological polar surface area (TPSA) is 26.0 Å². The Bertz CT molecular complexity index is 494. The second-order valence-corrected chi connectivity index (χ2v) is 5.76. The van der Waals surface area contributed by atoms with Gasteiger partial charge < -0.3 is 5.50 Å². The minimum Gasteiger partial charge on any atom is -0.302 e. The molecule has 2 N–H and O–H groups in total. The van der Waals surface area contributed by atoms with E-state index < -0.39 is 25.5 Å². The van der Waals surface area contributed by atoms with Crippen molar-refractivity contribution in [2.24, 2.45) is 5.50 Å². The number of hydrogen-bond acceptors (Lipinski definition) is 1. The fourth-order valence-corrected chi connectivity index (χ4v) is 3.11. The van der Waals surface area contributed by atoms with Crippen molar-refractivity contribution in [3.8, 4) is 0 Å². The Morgan fingerprint density at radius 2 is 1.22 bits per heavy atom. The van der Waals surface area contributed by atoms with Crippen LogP contribution in [0.4, 0.5) is 13.2 Å². The van der Waals surface area contributed by atoms with Crippen LogP contribution in [0.1, 0.15) is 5.56 Å². The number of benzene rings is 2. The lowest BCUT2D eigenvalue weighted by molar-refractivity contribution is 0.585. The predicted octanol–water partition coefficient (Wildman–Crippen LogP) is 2.72. The first-order chi connectivity index (χ1) is 8.45. The van der Waals surface area contributed by atoms with Crippen molar-refractivity contribution < 1.29 is 13.2 Å². The van der Waals surface area contributed by atoms with Crippen molar-refractivity contribution in [2.75, 3.05) is 0 Å². The zero-order chi connectivity index (χ0) is 13.3. The first-order valence-electron chi connectivity index (χ1n) is 5.24. The second-order valence-electron chi connectivity index (χ2n) is 3.98. The molecule has 2 aromatic carbocycles. The predicted molar refractivity (Wildman–Crippen MR) is 67.9 cm³/mol. The Morgan fingerprint density at radius 1 is 0.778 bits per heavy atom. The van der Waals surface area contributed by atoms with Crippen molar-refractivity contribution in [2.45, 2.75) is 6.92 Å². The molecule has 0 spiro atoms. The molecule has 1 nitrogen and oxygen atoms in total. The lowest BCUT2D eigenvalue weighted by atomic mass is 10.2. The summed E-state index contributed by atoms with van der Waals surface area (Å²) in [5, 5.41) is 0.889. The summed E-state index contributed by atoms with van der Waals surface area (Å²) >= 11 is 0. The molecule has 0 saturated heterocycles. The van der Waals surface area contributed by atoms with E-state index in [-0.39, 0.29) is 0 Å². The number of nitrogens with two attached hydrogens (primary N) is 1. The zero-order valence-corrected chi connectivity index (χ0v) is 10.5. The molecule has 0 aliphatic heterocycles. The van der Waals surface area contributed by atoms with Gasteiger partial charge in [-0.2, -0.15) is 0 Å². The summed E-state index contributed by atoms with van der Waals surface area (Å²) in [5.41, 5.74) is 6.68. The highest BCUT2D eigenvalue weighted by atomic mass is 31.1. The molecule has 0 bridgehead atoms. The summed E-state index contributed by atoms with van der Waals surface area (Å²) in [5.74, 6) is -1.77. The van der Waals surface area contributed by atoms with Gasteiger partial charge >= 0.3 is 0 Å². The van der Waals surface area contributed by atoms with Crippen LogP contribution >= 0.6 is 8.07 Å². The standard InChI is InChI=1S/C13H11F3NP/c1-8-2-9(14)5-12(3-8)18(17)13-6-10(15)4-11(16)7-13/h2-7H,17H2,1H3. The highest BCUT2D eigenvalue weighted by Crippen LogP contribution is 2.25. The van der Waals surface area contributed by atoms with Crippen LogP contribution in [0.15, 0.2) is 36.4 Å². The summed E-state index contributed by atoms with van der Waals surface area (Å²) < 4.78 is 39.5. The van der Waals surface area contributed by atoms with E-state index in [9.17, 15) is 13.2 Å². The van der Waals surface area contributed by atoms with Gasteiger partial charge in [0, 0.05) is 19.4 Å². The molecule has 1 atom stereocenters. The molecule has 1 unspecified atom stereocenters. The van der Waals surface area contributed by atoms with Crippen LogP contribution in [-0.4, -0.2) is 0 Å². The highest BCUT2D eigenvalue weighted by molar-refractivity contribution is 7.70. The number of hydrogen-bond donors (Lipinski definition) is 1. The Balaban J connectivity index is 2.43. The summed E-state index contributed by atoms with van der Waals surface area (Å²) in [7, 11) is -1.46. The smallest absolute Gasteiger partial charge is 0.126 e. The molecule has 5 heteroatoms. The minimum atomic E-state index is -1.46. The van der Waals surface area contributed by atoms with Crippen molar-refractivity contribution in [3.05, 3.63) is 59.4 Å². The molecule has 0 fully saturated rings. The number of rotatable bonds is 2. The molecule has 0 saturated carbocycles. The van der Waals surface area contributed by atoms with Gasteiger partial charge in [-0.3, -0.25) is 0 Å². The van der Waals surface area contributed by atoms with Crippen LogP contribution in [0.25, 0.3) is 0 Å². The second kappa shape index (κ2) is 5.09. The van der Waals surface area contributed by atoms with E-state index >= 15 is 0 Å². The third-order valence-corrected chi connectivity index (χ3v) is 4.06. The first-order valence-corrected chi connectivity index (χ1v) is 6.65. The summed E-state index contributed by atoms with van der Waals surface area (Å²) in [6, 6.07) is 7.52. The van der Waals surface area contributed by atoms with Gasteiger partial charge in [-0.15, -0.1) is 0 Å². The Labute approximate surface area is 104 Å². The van der Waals surface area contributed by atoms with Gasteiger partial charge in [-0.1, -0.05) is 0 Å². The molecular weight excluding hydrogens is 258 g/mol. The van der Waals surface area contributed by atoms with Gasteiger partial charge in [0.1, 0.15) is 17.5 Å². The van der Waals surface area contributed by atoms with Crippen LogP contribution in [0.5, 0.6) is 0 Å². The fourth-order valence-electron chi connectivity index (χ4n) is 1.68. The van der Waals surface area contributed by atoms with Crippen LogP contribution in [0.3, 0.4) is 0 Å². The van der Waals surface area contributed by atoms with Crippen molar-refractivity contribution in [1.82, 2.24) is 0 Å². The fraction of sp³-hybridized carbons (Fsp3) is 0.0769. The third-order valence-electron chi connectivity index (χ3n) is 2.43. The largest absolute Gasteiger partial charge is 0.302 e. The van der Waals surface area contributed by atoms with Gasteiger partial charge in [0.05, 0.1) is 0 Å². The Hall–Kier alpha value is -1.38. The van der Waals surface area contributed by atoms with Gasteiger partial charge in [0.2, 0.25) is 0 Å². The third kappa shape index (κ3) is 2.89. The van der Waals surface area contributed by atoms with Crippen LogP contribution in [-0.2, 0) is 0 Å². The molecule has 0 heterocycles. The average molecular weight is 269 g/mol. The first kappa shape index (κ1) is 13.1. The van der Waals surface area contributed by atoms with E-state index in [4.69, 9.17) is 5.50 Å². The normalized spacial score (nSPS) is 12.5. The SMILES string of the molecule is Cc1cc(F)cc(P(N)c2cc(F)cc(F)c2)c1. The molecule has 0 aromatic heterocycles. The maximum atomic E-state index is 13.3. The summed E-state index contributed by atoms with van der Waals surface area (Å²) in [6.07, 6.45) is 0. The lowest BCUT2D eigenvalue weighted by Gasteiger charge is -2.13.